The molecule has 0 aliphatic carbocycles. The first-order valence-electron chi connectivity index (χ1n) is 5.77. The molecule has 0 spiro atoms. The van der Waals surface area contributed by atoms with E-state index >= 15 is 0 Å². The first-order chi connectivity index (χ1) is 8.27. The molecule has 1 heterocycles. The van der Waals surface area contributed by atoms with E-state index in [0.29, 0.717) is 12.6 Å². The molecule has 92 valence electrons. The predicted molar refractivity (Wildman–Crippen MR) is 64.4 cm³/mol. The molecule has 0 amide bonds. The van der Waals surface area contributed by atoms with Crippen molar-refractivity contribution in [1.29, 1.82) is 0 Å². The summed E-state index contributed by atoms with van der Waals surface area (Å²) in [5.74, 6) is -0.845. The molecule has 1 aromatic carbocycles. The summed E-state index contributed by atoms with van der Waals surface area (Å²) in [5.41, 5.74) is 6.91. The van der Waals surface area contributed by atoms with E-state index in [4.69, 9.17) is 0 Å². The Hall–Kier alpha value is -1.43. The highest BCUT2D eigenvalue weighted by molar-refractivity contribution is 5.75. The van der Waals surface area contributed by atoms with E-state index in [2.05, 4.69) is 16.2 Å². The van der Waals surface area contributed by atoms with E-state index in [1.54, 1.807) is 0 Å². The maximum absolute atomic E-state index is 11.2. The summed E-state index contributed by atoms with van der Waals surface area (Å²) in [6.45, 7) is 1.56. The summed E-state index contributed by atoms with van der Waals surface area (Å²) in [7, 11) is 0. The number of nitrogens with one attached hydrogen (secondary N) is 3. The fraction of sp³-hybridized carbons (Fsp3) is 0.417. The number of rotatable bonds is 5. The van der Waals surface area contributed by atoms with Crippen LogP contribution in [0, 0.1) is 0 Å². The number of benzene rings is 1. The molecule has 1 aliphatic heterocycles. The molecule has 1 saturated heterocycles. The van der Waals surface area contributed by atoms with Crippen LogP contribution in [0.25, 0.3) is 0 Å². The minimum atomic E-state index is -0.845. The van der Waals surface area contributed by atoms with Crippen molar-refractivity contribution in [3.63, 3.8) is 0 Å². The first kappa shape index (κ1) is 12.0. The molecule has 1 aliphatic rings. The Bertz CT molecular complexity index is 363. The molecule has 2 atom stereocenters. The van der Waals surface area contributed by atoms with Gasteiger partial charge in [-0.15, -0.1) is 0 Å². The third-order valence-corrected chi connectivity index (χ3v) is 2.87. The highest BCUT2D eigenvalue weighted by atomic mass is 16.4. The number of hydrazine groups is 1. The normalized spacial score (nSPS) is 21.3. The molecular weight excluding hydrogens is 218 g/mol. The van der Waals surface area contributed by atoms with Gasteiger partial charge in [0.2, 0.25) is 0 Å². The Kier molecular flexibility index (Phi) is 4.08. The van der Waals surface area contributed by atoms with Gasteiger partial charge in [0, 0.05) is 19.1 Å². The van der Waals surface area contributed by atoms with Crippen molar-refractivity contribution >= 4 is 5.97 Å². The fourth-order valence-electron chi connectivity index (χ4n) is 1.94. The van der Waals surface area contributed by atoms with Crippen molar-refractivity contribution < 1.29 is 9.90 Å². The third-order valence-electron chi connectivity index (χ3n) is 2.87. The summed E-state index contributed by atoms with van der Waals surface area (Å²) in [6, 6.07) is 8.88. The zero-order chi connectivity index (χ0) is 12.1. The summed E-state index contributed by atoms with van der Waals surface area (Å²) in [4.78, 5) is 11.2. The highest BCUT2D eigenvalue weighted by Crippen LogP contribution is 2.12. The topological polar surface area (TPSA) is 73.4 Å². The smallest absolute Gasteiger partial charge is 0.325 e. The average Bonchev–Trinajstić information content (AvgIpc) is 2.83. The van der Waals surface area contributed by atoms with Crippen LogP contribution in [-0.4, -0.2) is 30.2 Å². The maximum atomic E-state index is 11.2. The van der Waals surface area contributed by atoms with Gasteiger partial charge < -0.3 is 5.11 Å². The van der Waals surface area contributed by atoms with Crippen LogP contribution in [0.1, 0.15) is 18.0 Å². The van der Waals surface area contributed by atoms with E-state index in [1.807, 2.05) is 30.3 Å². The van der Waals surface area contributed by atoms with Crippen molar-refractivity contribution in [1.82, 2.24) is 16.2 Å². The fourth-order valence-corrected chi connectivity index (χ4v) is 1.94. The lowest BCUT2D eigenvalue weighted by atomic mass is 10.1. The lowest BCUT2D eigenvalue weighted by Gasteiger charge is -2.17. The summed E-state index contributed by atoms with van der Waals surface area (Å²) >= 11 is 0. The van der Waals surface area contributed by atoms with Gasteiger partial charge in [-0.3, -0.25) is 21.0 Å². The Morgan fingerprint density at radius 3 is 2.82 bits per heavy atom. The first-order valence-corrected chi connectivity index (χ1v) is 5.77. The van der Waals surface area contributed by atoms with E-state index < -0.39 is 12.0 Å². The van der Waals surface area contributed by atoms with Crippen LogP contribution in [0.3, 0.4) is 0 Å². The molecule has 1 aromatic rings. The summed E-state index contributed by atoms with van der Waals surface area (Å²) in [6.07, 6.45) is 1.01. The number of carboxylic acid groups (broad SMARTS) is 1. The van der Waals surface area contributed by atoms with E-state index in [9.17, 15) is 9.90 Å². The predicted octanol–water partition coefficient (Wildman–Crippen LogP) is 0.268. The molecule has 0 radical (unpaired) electrons. The van der Waals surface area contributed by atoms with Gasteiger partial charge in [-0.25, -0.2) is 0 Å². The average molecular weight is 235 g/mol. The standard InChI is InChI=1S/C12H17N3O2/c16-12(17)11(9-4-2-1-3-5-9)13-8-10-6-7-14-15-10/h1-5,10-11,13-15H,6-8H2,(H,16,17). The second kappa shape index (κ2) is 5.77. The molecule has 0 aromatic heterocycles. The van der Waals surface area contributed by atoms with Gasteiger partial charge >= 0.3 is 5.97 Å². The van der Waals surface area contributed by atoms with Crippen molar-refractivity contribution in [2.24, 2.45) is 0 Å². The van der Waals surface area contributed by atoms with Crippen molar-refractivity contribution in [2.45, 2.75) is 18.5 Å². The molecule has 2 unspecified atom stereocenters. The third kappa shape index (κ3) is 3.26. The van der Waals surface area contributed by atoms with Gasteiger partial charge in [0.05, 0.1) is 0 Å². The molecule has 4 N–H and O–H groups in total. The maximum Gasteiger partial charge on any atom is 0.325 e. The lowest BCUT2D eigenvalue weighted by molar-refractivity contribution is -0.139. The van der Waals surface area contributed by atoms with E-state index in [-0.39, 0.29) is 0 Å². The van der Waals surface area contributed by atoms with Gasteiger partial charge in [-0.1, -0.05) is 30.3 Å². The summed E-state index contributed by atoms with van der Waals surface area (Å²) in [5, 5.41) is 12.3. The molecule has 2 rings (SSSR count). The van der Waals surface area contributed by atoms with Crippen molar-refractivity contribution in [3.05, 3.63) is 35.9 Å². The van der Waals surface area contributed by atoms with Gasteiger partial charge in [-0.05, 0) is 12.0 Å². The molecule has 5 nitrogen and oxygen atoms in total. The monoisotopic (exact) mass is 235 g/mol. The van der Waals surface area contributed by atoms with Crippen LogP contribution < -0.4 is 16.2 Å². The second-order valence-electron chi connectivity index (χ2n) is 4.15. The van der Waals surface area contributed by atoms with Crippen LogP contribution in [0.4, 0.5) is 0 Å². The minimum absolute atomic E-state index is 0.292. The minimum Gasteiger partial charge on any atom is -0.480 e. The van der Waals surface area contributed by atoms with Crippen LogP contribution in [0.15, 0.2) is 30.3 Å². The molecular formula is C12H17N3O2. The molecule has 5 heteroatoms. The Labute approximate surface area is 100 Å². The van der Waals surface area contributed by atoms with Crippen LogP contribution in [0.5, 0.6) is 0 Å². The molecule has 0 bridgehead atoms. The van der Waals surface area contributed by atoms with Gasteiger partial charge in [-0.2, -0.15) is 0 Å². The second-order valence-corrected chi connectivity index (χ2v) is 4.15. The van der Waals surface area contributed by atoms with Crippen LogP contribution in [0.2, 0.25) is 0 Å². The van der Waals surface area contributed by atoms with Crippen LogP contribution in [-0.2, 0) is 4.79 Å². The molecule has 17 heavy (non-hydrogen) atoms. The van der Waals surface area contributed by atoms with E-state index in [1.165, 1.54) is 0 Å². The quantitative estimate of drug-likeness (QED) is 0.589. The number of carbonyl (C=O) groups is 1. The van der Waals surface area contributed by atoms with Crippen molar-refractivity contribution in [3.8, 4) is 0 Å². The van der Waals surface area contributed by atoms with Gasteiger partial charge in [0.15, 0.2) is 0 Å². The van der Waals surface area contributed by atoms with Gasteiger partial charge in [0.1, 0.15) is 6.04 Å². The van der Waals surface area contributed by atoms with E-state index in [0.717, 1.165) is 18.5 Å². The van der Waals surface area contributed by atoms with Gasteiger partial charge in [0.25, 0.3) is 0 Å². The number of aliphatic carboxylic acids is 1. The number of hydrogen-bond acceptors (Lipinski definition) is 4. The molecule has 0 saturated carbocycles. The number of hydrogen-bond donors (Lipinski definition) is 4. The lowest BCUT2D eigenvalue weighted by Crippen LogP contribution is -2.40. The molecule has 1 fully saturated rings. The number of carboxylic acids is 1. The Balaban J connectivity index is 1.95. The zero-order valence-electron chi connectivity index (χ0n) is 9.52. The van der Waals surface area contributed by atoms with Crippen molar-refractivity contribution in [2.75, 3.05) is 13.1 Å². The zero-order valence-corrected chi connectivity index (χ0v) is 9.52. The highest BCUT2D eigenvalue weighted by Gasteiger charge is 2.21. The SMILES string of the molecule is O=C(O)C(NCC1CCNN1)c1ccccc1. The Morgan fingerprint density at radius 1 is 1.47 bits per heavy atom. The largest absolute Gasteiger partial charge is 0.480 e. The van der Waals surface area contributed by atoms with Crippen LogP contribution >= 0.6 is 0 Å². The summed E-state index contributed by atoms with van der Waals surface area (Å²) < 4.78 is 0. The Morgan fingerprint density at radius 2 is 2.24 bits per heavy atom.